The lowest BCUT2D eigenvalue weighted by atomic mass is 9.52. The third-order valence-electron chi connectivity index (χ3n) is 8.61. The van der Waals surface area contributed by atoms with Gasteiger partial charge in [0, 0.05) is 30.3 Å². The van der Waals surface area contributed by atoms with Gasteiger partial charge >= 0.3 is 11.9 Å². The second kappa shape index (κ2) is 11.9. The first-order chi connectivity index (χ1) is 17.0. The molecule has 36 heavy (non-hydrogen) atoms. The Hall–Kier alpha value is -2.22. The summed E-state index contributed by atoms with van der Waals surface area (Å²) in [6.45, 7) is 7.45. The number of aliphatic hydroxyl groups is 3. The molecule has 0 amide bonds. The van der Waals surface area contributed by atoms with E-state index < -0.39 is 29.5 Å². The molecule has 1 saturated carbocycles. The molecule has 1 aliphatic heterocycles. The van der Waals surface area contributed by atoms with Gasteiger partial charge in [-0.15, -0.1) is 0 Å². The van der Waals surface area contributed by atoms with Gasteiger partial charge in [-0.2, -0.15) is 0 Å². The second-order valence-electron chi connectivity index (χ2n) is 11.1. The van der Waals surface area contributed by atoms with E-state index in [0.29, 0.717) is 32.1 Å². The largest absolute Gasteiger partial charge is 0.478 e. The highest BCUT2D eigenvalue weighted by atomic mass is 16.5. The molecule has 9 atom stereocenters. The van der Waals surface area contributed by atoms with Crippen LogP contribution in [0.25, 0.3) is 0 Å². The van der Waals surface area contributed by atoms with Crippen molar-refractivity contribution in [1.29, 1.82) is 0 Å². The molecule has 200 valence electrons. The number of carboxylic acids is 1. The van der Waals surface area contributed by atoms with Gasteiger partial charge in [0.15, 0.2) is 0 Å². The van der Waals surface area contributed by atoms with Crippen LogP contribution in [0.5, 0.6) is 0 Å². The summed E-state index contributed by atoms with van der Waals surface area (Å²) in [5.74, 6) is -2.64. The van der Waals surface area contributed by atoms with Crippen LogP contribution in [0.2, 0.25) is 0 Å². The van der Waals surface area contributed by atoms with Crippen LogP contribution in [0, 0.1) is 35.0 Å². The number of carbonyl (C=O) groups is 2. The van der Waals surface area contributed by atoms with Gasteiger partial charge in [0.05, 0.1) is 29.3 Å². The molecular formula is C29H42O7. The number of fused-ring (bicyclic) bond motifs is 3. The lowest BCUT2D eigenvalue weighted by Gasteiger charge is -2.52. The van der Waals surface area contributed by atoms with E-state index in [2.05, 4.69) is 6.08 Å². The number of ether oxygens (including phenoxy) is 1. The van der Waals surface area contributed by atoms with Gasteiger partial charge in [-0.3, -0.25) is 4.79 Å². The van der Waals surface area contributed by atoms with Crippen LogP contribution >= 0.6 is 0 Å². The van der Waals surface area contributed by atoms with Gasteiger partial charge in [-0.05, 0) is 58.8 Å². The maximum absolute atomic E-state index is 13.8. The molecule has 0 aromatic rings. The van der Waals surface area contributed by atoms with E-state index in [0.717, 1.165) is 5.57 Å². The van der Waals surface area contributed by atoms with E-state index in [1.807, 2.05) is 32.9 Å². The van der Waals surface area contributed by atoms with Crippen molar-refractivity contribution in [2.75, 3.05) is 6.61 Å². The Bertz CT molecular complexity index is 932. The van der Waals surface area contributed by atoms with E-state index in [1.165, 1.54) is 0 Å². The summed E-state index contributed by atoms with van der Waals surface area (Å²) in [5, 5.41) is 40.9. The Morgan fingerprint density at radius 2 is 1.83 bits per heavy atom. The number of hydrogen-bond acceptors (Lipinski definition) is 6. The molecule has 0 saturated heterocycles. The number of hydrogen-bond donors (Lipinski definition) is 4. The number of rotatable bonds is 2. The first-order valence-electron chi connectivity index (χ1n) is 13.2. The highest BCUT2D eigenvalue weighted by Gasteiger charge is 2.56. The van der Waals surface area contributed by atoms with Gasteiger partial charge < -0.3 is 25.2 Å². The second-order valence-corrected chi connectivity index (χ2v) is 11.1. The van der Waals surface area contributed by atoms with Crippen molar-refractivity contribution in [1.82, 2.24) is 0 Å². The number of aliphatic carboxylic acids is 1. The van der Waals surface area contributed by atoms with E-state index in [1.54, 1.807) is 25.2 Å². The molecule has 3 rings (SSSR count). The first kappa shape index (κ1) is 28.4. The highest BCUT2D eigenvalue weighted by molar-refractivity contribution is 5.87. The number of carboxylic acid groups (broad SMARTS) is 1. The number of esters is 1. The summed E-state index contributed by atoms with van der Waals surface area (Å²) in [4.78, 5) is 25.5. The Morgan fingerprint density at radius 1 is 1.14 bits per heavy atom. The third kappa shape index (κ3) is 5.68. The van der Waals surface area contributed by atoms with Crippen LogP contribution in [0.1, 0.15) is 59.8 Å². The maximum Gasteiger partial charge on any atom is 0.333 e. The molecule has 1 fully saturated rings. The minimum absolute atomic E-state index is 0.0189. The first-order valence-corrected chi connectivity index (χ1v) is 13.2. The van der Waals surface area contributed by atoms with E-state index >= 15 is 0 Å². The standard InChI is InChI=1S/C29H42O7/c1-17-9-5-8-12-23-18(2)15-22-24(14-13-20(16-30)26(22)32)29(23,4)28(35)36-19(3)10-6-7-11-21(25(17)31)27(33)34/h5,8-9,11-12,15,17,19-20,22-26,30-32H,6-7,10,13-14,16H2,1-4H3,(H,33,34)/b9-5-,12-8-,21-11+/t17-,19+,20+,22+,23-,24-,25+,26+,29-/m0/s1. The minimum atomic E-state index is -1.13. The lowest BCUT2D eigenvalue weighted by molar-refractivity contribution is -0.172. The van der Waals surface area contributed by atoms with Crippen LogP contribution in [0.3, 0.4) is 0 Å². The molecular weight excluding hydrogens is 460 g/mol. The fourth-order valence-corrected chi connectivity index (χ4v) is 6.33. The van der Waals surface area contributed by atoms with Crippen molar-refractivity contribution in [3.8, 4) is 0 Å². The molecule has 0 unspecified atom stereocenters. The van der Waals surface area contributed by atoms with Crippen molar-refractivity contribution in [3.05, 3.63) is 47.6 Å². The van der Waals surface area contributed by atoms with Crippen LogP contribution < -0.4 is 0 Å². The minimum Gasteiger partial charge on any atom is -0.478 e. The Labute approximate surface area is 214 Å². The molecule has 0 radical (unpaired) electrons. The molecule has 4 N–H and O–H groups in total. The Morgan fingerprint density at radius 3 is 2.50 bits per heavy atom. The number of carbonyl (C=O) groups excluding carboxylic acids is 1. The van der Waals surface area contributed by atoms with Crippen molar-refractivity contribution in [2.45, 2.75) is 78.1 Å². The summed E-state index contributed by atoms with van der Waals surface area (Å²) in [7, 11) is 0. The number of cyclic esters (lactones) is 1. The number of allylic oxidation sites excluding steroid dienone is 5. The summed E-state index contributed by atoms with van der Waals surface area (Å²) in [5.41, 5.74) is 0.0627. The zero-order valence-electron chi connectivity index (χ0n) is 21.8. The summed E-state index contributed by atoms with van der Waals surface area (Å²) >= 11 is 0. The zero-order chi connectivity index (χ0) is 26.6. The molecule has 0 bridgehead atoms. The van der Waals surface area contributed by atoms with Crippen LogP contribution in [0.15, 0.2) is 47.6 Å². The lowest BCUT2D eigenvalue weighted by Crippen LogP contribution is -2.55. The quantitative estimate of drug-likeness (QED) is 0.334. The van der Waals surface area contributed by atoms with Crippen molar-refractivity contribution in [3.63, 3.8) is 0 Å². The van der Waals surface area contributed by atoms with Crippen molar-refractivity contribution < 1.29 is 34.8 Å². The molecule has 3 aliphatic rings. The van der Waals surface area contributed by atoms with E-state index in [9.17, 15) is 30.0 Å². The van der Waals surface area contributed by atoms with Crippen molar-refractivity contribution >= 4 is 11.9 Å². The average molecular weight is 503 g/mol. The van der Waals surface area contributed by atoms with Gasteiger partial charge in [-0.25, -0.2) is 4.79 Å². The van der Waals surface area contributed by atoms with Gasteiger partial charge in [0.2, 0.25) is 0 Å². The van der Waals surface area contributed by atoms with Crippen LogP contribution in [0.4, 0.5) is 0 Å². The van der Waals surface area contributed by atoms with Gasteiger partial charge in [0.1, 0.15) is 0 Å². The Balaban J connectivity index is 2.01. The molecule has 7 heteroatoms. The SMILES string of the molecule is CC1=C[C@H]2[C@H](O)[C@@H](CO)CC[C@@H]2[C@@]2(C)C(=O)O[C@H](C)CCC/C=C(/C(=O)O)[C@H](O)[C@@H](C)/C=C\C=C/[C@@H]12. The summed E-state index contributed by atoms with van der Waals surface area (Å²) < 4.78 is 5.99. The van der Waals surface area contributed by atoms with Crippen LogP contribution in [-0.2, 0) is 14.3 Å². The molecule has 0 aromatic heterocycles. The van der Waals surface area contributed by atoms with Gasteiger partial charge in [-0.1, -0.05) is 49.0 Å². The molecule has 0 spiro atoms. The van der Waals surface area contributed by atoms with E-state index in [-0.39, 0.29) is 47.9 Å². The molecule has 7 nitrogen and oxygen atoms in total. The molecule has 2 aliphatic carbocycles. The fourth-order valence-electron chi connectivity index (χ4n) is 6.33. The predicted octanol–water partition coefficient (Wildman–Crippen LogP) is 3.80. The van der Waals surface area contributed by atoms with Gasteiger partial charge in [0.25, 0.3) is 0 Å². The highest BCUT2D eigenvalue weighted by Crippen LogP contribution is 2.55. The van der Waals surface area contributed by atoms with Crippen LogP contribution in [-0.4, -0.2) is 57.3 Å². The average Bonchev–Trinajstić information content (AvgIpc) is 2.82. The predicted molar refractivity (Wildman–Crippen MR) is 137 cm³/mol. The smallest absolute Gasteiger partial charge is 0.333 e. The monoisotopic (exact) mass is 502 g/mol. The number of aliphatic hydroxyl groups excluding tert-OH is 3. The maximum atomic E-state index is 13.8. The zero-order valence-corrected chi connectivity index (χ0v) is 21.8. The van der Waals surface area contributed by atoms with Crippen molar-refractivity contribution in [2.24, 2.45) is 35.0 Å². The summed E-state index contributed by atoms with van der Waals surface area (Å²) in [6, 6.07) is 0. The fraction of sp³-hybridized carbons (Fsp3) is 0.655. The topological polar surface area (TPSA) is 124 Å². The third-order valence-corrected chi connectivity index (χ3v) is 8.61. The summed E-state index contributed by atoms with van der Waals surface area (Å²) in [6.07, 6.45) is 11.8. The molecule has 0 aromatic carbocycles. The van der Waals surface area contributed by atoms with E-state index in [4.69, 9.17) is 4.74 Å². The normalized spacial score (nSPS) is 43.6. The Kier molecular flexibility index (Phi) is 9.36. The molecule has 1 heterocycles.